The number of amides is 1. The van der Waals surface area contributed by atoms with Gasteiger partial charge >= 0.3 is 0 Å². The lowest BCUT2D eigenvalue weighted by Gasteiger charge is -2.13. The fraction of sp³-hybridized carbons (Fsp3) is 0.350. The lowest BCUT2D eigenvalue weighted by Crippen LogP contribution is -2.39. The zero-order valence-electron chi connectivity index (χ0n) is 15.0. The van der Waals surface area contributed by atoms with Crippen molar-refractivity contribution in [3.8, 4) is 5.75 Å². The van der Waals surface area contributed by atoms with Gasteiger partial charge in [-0.3, -0.25) is 15.1 Å². The van der Waals surface area contributed by atoms with Gasteiger partial charge in [0.25, 0.3) is 5.91 Å². The maximum absolute atomic E-state index is 12.5. The lowest BCUT2D eigenvalue weighted by molar-refractivity contribution is 0.0972. The van der Waals surface area contributed by atoms with Gasteiger partial charge in [0.05, 0.1) is 12.2 Å². The summed E-state index contributed by atoms with van der Waals surface area (Å²) in [4.78, 5) is 16.5. The molecule has 26 heavy (non-hydrogen) atoms. The van der Waals surface area contributed by atoms with Crippen molar-refractivity contribution >= 4 is 23.2 Å². The number of unbranched alkanes of at least 4 members (excludes halogenated alkanes) is 3. The van der Waals surface area contributed by atoms with Gasteiger partial charge in [-0.05, 0) is 42.4 Å². The molecular formula is C20H25N3O2S. The number of carbonyl (C=O) groups excluding carboxylic acids is 1. The summed E-state index contributed by atoms with van der Waals surface area (Å²) in [6.45, 7) is 3.28. The third-order valence-electron chi connectivity index (χ3n) is 3.79. The van der Waals surface area contributed by atoms with Crippen LogP contribution in [0.15, 0.2) is 48.8 Å². The molecule has 0 radical (unpaired) electrons. The monoisotopic (exact) mass is 371 g/mol. The van der Waals surface area contributed by atoms with Crippen LogP contribution in [-0.4, -0.2) is 22.6 Å². The van der Waals surface area contributed by atoms with Crippen LogP contribution in [0.5, 0.6) is 5.75 Å². The van der Waals surface area contributed by atoms with Gasteiger partial charge in [0.15, 0.2) is 5.11 Å². The molecule has 0 saturated heterocycles. The summed E-state index contributed by atoms with van der Waals surface area (Å²) < 4.78 is 5.78. The predicted molar refractivity (Wildman–Crippen MR) is 107 cm³/mol. The van der Waals surface area contributed by atoms with E-state index in [4.69, 9.17) is 17.0 Å². The van der Waals surface area contributed by atoms with E-state index in [0.717, 1.165) is 18.4 Å². The molecule has 0 aliphatic carbocycles. The Morgan fingerprint density at radius 2 is 2.00 bits per heavy atom. The molecule has 2 aromatic rings. The molecule has 138 valence electrons. The highest BCUT2D eigenvalue weighted by atomic mass is 32.1. The highest BCUT2D eigenvalue weighted by Gasteiger charge is 2.13. The molecule has 5 nitrogen and oxygen atoms in total. The van der Waals surface area contributed by atoms with Crippen molar-refractivity contribution in [2.24, 2.45) is 0 Å². The molecule has 0 saturated carbocycles. The van der Waals surface area contributed by atoms with Crippen molar-refractivity contribution < 1.29 is 9.53 Å². The van der Waals surface area contributed by atoms with E-state index >= 15 is 0 Å². The summed E-state index contributed by atoms with van der Waals surface area (Å²) in [6, 6.07) is 11.0. The Labute approximate surface area is 160 Å². The number of nitrogens with one attached hydrogen (secondary N) is 2. The number of pyridine rings is 1. The molecule has 1 amide bonds. The number of carbonyl (C=O) groups is 1. The van der Waals surface area contributed by atoms with Crippen LogP contribution < -0.4 is 15.4 Å². The molecule has 1 aromatic carbocycles. The molecule has 0 spiro atoms. The summed E-state index contributed by atoms with van der Waals surface area (Å²) in [5.41, 5.74) is 1.47. The number of thiocarbonyl (C=S) groups is 1. The van der Waals surface area contributed by atoms with Crippen molar-refractivity contribution in [1.29, 1.82) is 0 Å². The average molecular weight is 372 g/mol. The van der Waals surface area contributed by atoms with Crippen LogP contribution in [0.1, 0.15) is 48.5 Å². The van der Waals surface area contributed by atoms with Crippen LogP contribution in [0, 0.1) is 0 Å². The fourth-order valence-electron chi connectivity index (χ4n) is 2.39. The van der Waals surface area contributed by atoms with E-state index in [1.165, 1.54) is 12.8 Å². The van der Waals surface area contributed by atoms with Crippen LogP contribution in [0.3, 0.4) is 0 Å². The van der Waals surface area contributed by atoms with Crippen molar-refractivity contribution in [3.05, 3.63) is 59.9 Å². The minimum absolute atomic E-state index is 0.275. The van der Waals surface area contributed by atoms with E-state index in [2.05, 4.69) is 22.5 Å². The first-order valence-electron chi connectivity index (χ1n) is 8.90. The normalized spacial score (nSPS) is 10.2. The van der Waals surface area contributed by atoms with Crippen LogP contribution in [-0.2, 0) is 6.54 Å². The summed E-state index contributed by atoms with van der Waals surface area (Å²) in [5.74, 6) is 0.300. The quantitative estimate of drug-likeness (QED) is 0.518. The second-order valence-corrected chi connectivity index (χ2v) is 6.31. The van der Waals surface area contributed by atoms with Crippen LogP contribution >= 0.6 is 12.2 Å². The smallest absolute Gasteiger partial charge is 0.261 e. The Morgan fingerprint density at radius 1 is 1.15 bits per heavy atom. The largest absolute Gasteiger partial charge is 0.493 e. The number of aromatic nitrogens is 1. The minimum atomic E-state index is -0.280. The van der Waals surface area contributed by atoms with Gasteiger partial charge in [-0.15, -0.1) is 0 Å². The first-order valence-corrected chi connectivity index (χ1v) is 9.31. The van der Waals surface area contributed by atoms with E-state index in [1.54, 1.807) is 24.5 Å². The van der Waals surface area contributed by atoms with E-state index in [0.29, 0.717) is 24.5 Å². The number of nitrogens with zero attached hydrogens (tertiary/aromatic N) is 1. The summed E-state index contributed by atoms with van der Waals surface area (Å²) in [7, 11) is 0. The summed E-state index contributed by atoms with van der Waals surface area (Å²) in [5, 5.41) is 5.98. The molecule has 0 atom stereocenters. The first kappa shape index (κ1) is 19.8. The van der Waals surface area contributed by atoms with Gasteiger partial charge in [0, 0.05) is 18.9 Å². The maximum atomic E-state index is 12.5. The second kappa shape index (κ2) is 11.2. The van der Waals surface area contributed by atoms with Gasteiger partial charge in [-0.2, -0.15) is 0 Å². The van der Waals surface area contributed by atoms with E-state index in [9.17, 15) is 4.79 Å². The van der Waals surface area contributed by atoms with E-state index < -0.39 is 0 Å². The highest BCUT2D eigenvalue weighted by Crippen LogP contribution is 2.18. The number of benzene rings is 1. The topological polar surface area (TPSA) is 63.2 Å². The third kappa shape index (κ3) is 6.80. The van der Waals surface area contributed by atoms with Crippen molar-refractivity contribution in [2.45, 2.75) is 39.2 Å². The Bertz CT molecular complexity index is 707. The molecule has 0 aliphatic heterocycles. The van der Waals surface area contributed by atoms with Gasteiger partial charge in [0.1, 0.15) is 5.75 Å². The Morgan fingerprint density at radius 3 is 2.77 bits per heavy atom. The van der Waals surface area contributed by atoms with Crippen LogP contribution in [0.2, 0.25) is 0 Å². The van der Waals surface area contributed by atoms with E-state index in [-0.39, 0.29) is 11.0 Å². The number of rotatable bonds is 9. The van der Waals surface area contributed by atoms with E-state index in [1.807, 2.05) is 24.3 Å². The molecule has 0 fully saturated rings. The standard InChI is InChI=1S/C20H25N3O2S/c1-2-3-4-7-13-25-18-11-6-5-10-17(18)19(24)23-20(26)22-15-16-9-8-12-21-14-16/h5-6,8-12,14H,2-4,7,13,15H2,1H3,(H2,22,23,24,26). The highest BCUT2D eigenvalue weighted by molar-refractivity contribution is 7.80. The number of hydrogen-bond donors (Lipinski definition) is 2. The SMILES string of the molecule is CCCCCCOc1ccccc1C(=O)NC(=S)NCc1cccnc1. The van der Waals surface area contributed by atoms with Crippen LogP contribution in [0.4, 0.5) is 0 Å². The Balaban J connectivity index is 1.85. The molecule has 0 bridgehead atoms. The number of para-hydroxylation sites is 1. The van der Waals surface area contributed by atoms with Gasteiger partial charge in [0.2, 0.25) is 0 Å². The van der Waals surface area contributed by atoms with Crippen molar-refractivity contribution in [1.82, 2.24) is 15.6 Å². The summed E-state index contributed by atoms with van der Waals surface area (Å²) in [6.07, 6.45) is 7.95. The molecule has 2 rings (SSSR count). The third-order valence-corrected chi connectivity index (χ3v) is 4.04. The van der Waals surface area contributed by atoms with Crippen LogP contribution in [0.25, 0.3) is 0 Å². The van der Waals surface area contributed by atoms with Gasteiger partial charge in [-0.1, -0.05) is 44.4 Å². The first-order chi connectivity index (χ1) is 12.7. The summed E-state index contributed by atoms with van der Waals surface area (Å²) >= 11 is 5.20. The zero-order valence-corrected chi connectivity index (χ0v) is 15.8. The van der Waals surface area contributed by atoms with Crippen molar-refractivity contribution in [2.75, 3.05) is 6.61 Å². The molecule has 2 N–H and O–H groups in total. The molecule has 0 unspecified atom stereocenters. The van der Waals surface area contributed by atoms with Gasteiger partial charge in [-0.25, -0.2) is 0 Å². The molecule has 1 heterocycles. The fourth-order valence-corrected chi connectivity index (χ4v) is 2.56. The average Bonchev–Trinajstić information content (AvgIpc) is 2.67. The van der Waals surface area contributed by atoms with Crippen molar-refractivity contribution in [3.63, 3.8) is 0 Å². The minimum Gasteiger partial charge on any atom is -0.493 e. The number of ether oxygens (including phenoxy) is 1. The lowest BCUT2D eigenvalue weighted by atomic mass is 10.2. The predicted octanol–water partition coefficient (Wildman–Crippen LogP) is 3.85. The molecule has 1 aromatic heterocycles. The zero-order chi connectivity index (χ0) is 18.6. The van der Waals surface area contributed by atoms with Gasteiger partial charge < -0.3 is 10.1 Å². The number of hydrogen-bond acceptors (Lipinski definition) is 4. The second-order valence-electron chi connectivity index (χ2n) is 5.90. The molecular weight excluding hydrogens is 346 g/mol. The Kier molecular flexibility index (Phi) is 8.55. The molecule has 0 aliphatic rings. The maximum Gasteiger partial charge on any atom is 0.261 e. The molecule has 6 heteroatoms. The Hall–Kier alpha value is -2.47.